The van der Waals surface area contributed by atoms with Crippen LogP contribution in [-0.4, -0.2) is 22.0 Å². The molecule has 0 spiro atoms. The number of nitrogens with one attached hydrogen (secondary N) is 1. The summed E-state index contributed by atoms with van der Waals surface area (Å²) in [6, 6.07) is 8.17. The Bertz CT molecular complexity index is 1040. The van der Waals surface area contributed by atoms with Gasteiger partial charge in [0.25, 0.3) is 5.91 Å². The molecule has 0 fully saturated rings. The number of aryl methyl sites for hydroxylation is 2. The van der Waals surface area contributed by atoms with Crippen molar-refractivity contribution in [2.24, 2.45) is 0 Å². The number of rotatable bonds is 4. The van der Waals surface area contributed by atoms with E-state index in [9.17, 15) is 9.18 Å². The van der Waals surface area contributed by atoms with Gasteiger partial charge in [-0.25, -0.2) is 14.4 Å². The van der Waals surface area contributed by atoms with E-state index in [0.29, 0.717) is 15.5 Å². The maximum absolute atomic E-state index is 14.1. The fourth-order valence-corrected chi connectivity index (χ4v) is 2.85. The molecule has 3 aromatic rings. The van der Waals surface area contributed by atoms with Gasteiger partial charge in [0.1, 0.15) is 5.82 Å². The first-order chi connectivity index (χ1) is 12.7. The van der Waals surface area contributed by atoms with E-state index in [4.69, 9.17) is 4.74 Å². The molecule has 1 heterocycles. The van der Waals surface area contributed by atoms with Crippen LogP contribution in [0.2, 0.25) is 0 Å². The molecule has 0 saturated carbocycles. The number of fused-ring (bicyclic) bond motifs is 1. The molecule has 0 bridgehead atoms. The Morgan fingerprint density at radius 3 is 2.33 bits per heavy atom. The third kappa shape index (κ3) is 4.24. The Kier molecular flexibility index (Phi) is 5.41. The van der Waals surface area contributed by atoms with Crippen LogP contribution in [0.3, 0.4) is 0 Å². The highest BCUT2D eigenvalue weighted by atomic mass is 79.9. The first kappa shape index (κ1) is 19.2. The van der Waals surface area contributed by atoms with Gasteiger partial charge in [0, 0.05) is 4.47 Å². The zero-order chi connectivity index (χ0) is 19.7. The van der Waals surface area contributed by atoms with Crippen LogP contribution in [0, 0.1) is 19.7 Å². The molecule has 5 nitrogen and oxygen atoms in total. The summed E-state index contributed by atoms with van der Waals surface area (Å²) in [5.74, 6) is -1.01. The highest BCUT2D eigenvalue weighted by molar-refractivity contribution is 9.10. The number of anilines is 1. The number of ether oxygens (including phenoxy) is 1. The fraction of sp³-hybridized carbons (Fsp3) is 0.250. The van der Waals surface area contributed by atoms with Gasteiger partial charge in [0.05, 0.1) is 22.8 Å². The largest absolute Gasteiger partial charge is 0.473 e. The number of nitrogens with zero attached hydrogens (tertiary/aromatic N) is 2. The molecule has 0 aliphatic rings. The topological polar surface area (TPSA) is 64.1 Å². The van der Waals surface area contributed by atoms with E-state index in [2.05, 4.69) is 31.2 Å². The van der Waals surface area contributed by atoms with Crippen LogP contribution < -0.4 is 10.1 Å². The van der Waals surface area contributed by atoms with E-state index in [1.807, 2.05) is 39.8 Å². The molecule has 0 unspecified atom stereocenters. The van der Waals surface area contributed by atoms with Crippen LogP contribution in [0.4, 0.5) is 10.1 Å². The van der Waals surface area contributed by atoms with Gasteiger partial charge in [-0.15, -0.1) is 0 Å². The Morgan fingerprint density at radius 1 is 1.11 bits per heavy atom. The average molecular weight is 432 g/mol. The molecule has 7 heteroatoms. The fourth-order valence-electron chi connectivity index (χ4n) is 2.52. The monoisotopic (exact) mass is 431 g/mol. The Morgan fingerprint density at radius 2 is 1.74 bits per heavy atom. The second-order valence-electron chi connectivity index (χ2n) is 6.55. The third-order valence-corrected chi connectivity index (χ3v) is 4.48. The van der Waals surface area contributed by atoms with E-state index in [1.165, 1.54) is 12.1 Å². The number of hydrogen-bond donors (Lipinski definition) is 1. The summed E-state index contributed by atoms with van der Waals surface area (Å²) in [4.78, 5) is 21.7. The van der Waals surface area contributed by atoms with Crippen molar-refractivity contribution in [2.75, 3.05) is 5.32 Å². The standard InChI is InChI=1S/C20H19BrFN3O2/c1-10(2)27-20-18(19(26)24-15-6-5-13(21)9-14(15)22)23-16-7-11(3)12(4)8-17(16)25-20/h5-10H,1-4H3,(H,24,26). The molecule has 0 atom stereocenters. The zero-order valence-electron chi connectivity index (χ0n) is 15.4. The lowest BCUT2D eigenvalue weighted by Crippen LogP contribution is -2.19. The summed E-state index contributed by atoms with van der Waals surface area (Å²) in [6.45, 7) is 7.62. The minimum absolute atomic E-state index is 0.0155. The maximum atomic E-state index is 14.1. The molecule has 0 aliphatic heterocycles. The average Bonchev–Trinajstić information content (AvgIpc) is 2.57. The molecule has 27 heavy (non-hydrogen) atoms. The van der Waals surface area contributed by atoms with E-state index in [0.717, 1.165) is 11.1 Å². The van der Waals surface area contributed by atoms with Gasteiger partial charge in [-0.3, -0.25) is 4.79 Å². The van der Waals surface area contributed by atoms with Gasteiger partial charge in [-0.1, -0.05) is 15.9 Å². The van der Waals surface area contributed by atoms with Gasteiger partial charge in [-0.05, 0) is 69.2 Å². The quantitative estimate of drug-likeness (QED) is 0.617. The van der Waals surface area contributed by atoms with Crippen LogP contribution in [0.15, 0.2) is 34.8 Å². The predicted octanol–water partition coefficient (Wildman–Crippen LogP) is 5.19. The number of halogens is 2. The molecule has 1 amide bonds. The smallest absolute Gasteiger partial charge is 0.280 e. The van der Waals surface area contributed by atoms with Crippen LogP contribution in [0.5, 0.6) is 5.88 Å². The number of aromatic nitrogens is 2. The van der Waals surface area contributed by atoms with Crippen LogP contribution in [0.25, 0.3) is 11.0 Å². The van der Waals surface area contributed by atoms with E-state index in [-0.39, 0.29) is 23.4 Å². The van der Waals surface area contributed by atoms with E-state index in [1.54, 1.807) is 6.07 Å². The molecule has 1 aromatic heterocycles. The van der Waals surface area contributed by atoms with Gasteiger partial charge in [0.2, 0.25) is 5.88 Å². The van der Waals surface area contributed by atoms with Crippen molar-refractivity contribution >= 4 is 38.6 Å². The molecule has 0 saturated heterocycles. The summed E-state index contributed by atoms with van der Waals surface area (Å²) < 4.78 is 20.4. The molecule has 0 radical (unpaired) electrons. The van der Waals surface area contributed by atoms with Crippen molar-refractivity contribution in [3.05, 3.63) is 57.4 Å². The van der Waals surface area contributed by atoms with Gasteiger partial charge in [-0.2, -0.15) is 0 Å². The summed E-state index contributed by atoms with van der Waals surface area (Å²) in [5, 5.41) is 2.54. The van der Waals surface area contributed by atoms with Crippen molar-refractivity contribution in [1.29, 1.82) is 0 Å². The summed E-state index contributed by atoms with van der Waals surface area (Å²) in [6.07, 6.45) is -0.195. The minimum Gasteiger partial charge on any atom is -0.473 e. The molecule has 0 aliphatic carbocycles. The lowest BCUT2D eigenvalue weighted by Gasteiger charge is -2.14. The Hall–Kier alpha value is -2.54. The number of carbonyl (C=O) groups excluding carboxylic acids is 1. The zero-order valence-corrected chi connectivity index (χ0v) is 17.0. The number of carbonyl (C=O) groups is 1. The van der Waals surface area contributed by atoms with E-state index < -0.39 is 11.7 Å². The van der Waals surface area contributed by atoms with E-state index >= 15 is 0 Å². The Balaban J connectivity index is 2.06. The normalized spacial score (nSPS) is 11.1. The molecule has 3 rings (SSSR count). The van der Waals surface area contributed by atoms with Crippen molar-refractivity contribution in [3.8, 4) is 5.88 Å². The first-order valence-corrected chi connectivity index (χ1v) is 9.26. The number of amides is 1. The van der Waals surface area contributed by atoms with Crippen molar-refractivity contribution in [3.63, 3.8) is 0 Å². The van der Waals surface area contributed by atoms with Gasteiger partial charge < -0.3 is 10.1 Å². The predicted molar refractivity (Wildman–Crippen MR) is 107 cm³/mol. The molecular formula is C20H19BrFN3O2. The number of benzene rings is 2. The highest BCUT2D eigenvalue weighted by Crippen LogP contribution is 2.25. The van der Waals surface area contributed by atoms with Crippen molar-refractivity contribution < 1.29 is 13.9 Å². The molecule has 2 aromatic carbocycles. The molecule has 140 valence electrons. The highest BCUT2D eigenvalue weighted by Gasteiger charge is 2.20. The summed E-state index contributed by atoms with van der Waals surface area (Å²) in [5.41, 5.74) is 3.40. The lowest BCUT2D eigenvalue weighted by molar-refractivity contribution is 0.101. The first-order valence-electron chi connectivity index (χ1n) is 8.46. The second kappa shape index (κ2) is 7.60. The van der Waals surface area contributed by atoms with Crippen LogP contribution >= 0.6 is 15.9 Å². The number of hydrogen-bond acceptors (Lipinski definition) is 4. The second-order valence-corrected chi connectivity index (χ2v) is 7.46. The van der Waals surface area contributed by atoms with Crippen molar-refractivity contribution in [2.45, 2.75) is 33.8 Å². The summed E-state index contributed by atoms with van der Waals surface area (Å²) in [7, 11) is 0. The maximum Gasteiger partial charge on any atom is 0.280 e. The SMILES string of the molecule is Cc1cc2nc(OC(C)C)c(C(=O)Nc3ccc(Br)cc3F)nc2cc1C. The molecule has 1 N–H and O–H groups in total. The Labute approximate surface area is 165 Å². The van der Waals surface area contributed by atoms with Crippen LogP contribution in [-0.2, 0) is 0 Å². The van der Waals surface area contributed by atoms with Crippen molar-refractivity contribution in [1.82, 2.24) is 9.97 Å². The van der Waals surface area contributed by atoms with Crippen LogP contribution in [0.1, 0.15) is 35.5 Å². The summed E-state index contributed by atoms with van der Waals surface area (Å²) >= 11 is 3.19. The van der Waals surface area contributed by atoms with Gasteiger partial charge >= 0.3 is 0 Å². The lowest BCUT2D eigenvalue weighted by atomic mass is 10.1. The third-order valence-electron chi connectivity index (χ3n) is 3.99. The molecular weight excluding hydrogens is 413 g/mol. The van der Waals surface area contributed by atoms with Gasteiger partial charge in [0.15, 0.2) is 5.69 Å². The minimum atomic E-state index is -0.584.